The Hall–Kier alpha value is -1.46. The number of amides is 1. The number of hydrogen-bond acceptors (Lipinski definition) is 4. The van der Waals surface area contributed by atoms with E-state index in [0.29, 0.717) is 43.4 Å². The lowest BCUT2D eigenvalue weighted by Crippen LogP contribution is -2.34. The zero-order valence-electron chi connectivity index (χ0n) is 15.5. The number of unbranched alkanes of at least 4 members (excludes halogenated alkanes) is 1. The maximum atomic E-state index is 12.8. The fourth-order valence-corrected chi connectivity index (χ4v) is 2.90. The largest absolute Gasteiger partial charge is 0.490 e. The molecular weight excluding hydrogens is 340 g/mol. The van der Waals surface area contributed by atoms with Crippen LogP contribution < -0.4 is 15.2 Å². The molecule has 2 N–H and O–H groups in total. The molecule has 0 saturated carbocycles. The Kier molecular flexibility index (Phi) is 8.53. The molecule has 142 valence electrons. The molecule has 25 heavy (non-hydrogen) atoms. The third-order valence-corrected chi connectivity index (χ3v) is 4.58. The minimum atomic E-state index is 0. The van der Waals surface area contributed by atoms with E-state index in [0.717, 1.165) is 25.8 Å². The standard InChI is InChI=1S/C19H30N2O3.ClH/c1-4-6-11-24-16-8-7-15(12-17(16)23-5-2)18(22)21-10-9-19(3,13-20)14-21;/h7-8,12H,4-6,9-11,13-14,20H2,1-3H3;1H. The van der Waals surface area contributed by atoms with Gasteiger partial charge in [-0.05, 0) is 49.9 Å². The summed E-state index contributed by atoms with van der Waals surface area (Å²) >= 11 is 0. The van der Waals surface area contributed by atoms with Gasteiger partial charge in [-0.1, -0.05) is 20.3 Å². The summed E-state index contributed by atoms with van der Waals surface area (Å²) in [6, 6.07) is 5.46. The summed E-state index contributed by atoms with van der Waals surface area (Å²) in [7, 11) is 0. The number of likely N-dealkylation sites (tertiary alicyclic amines) is 1. The number of nitrogens with zero attached hydrogens (tertiary/aromatic N) is 1. The first-order valence-electron chi connectivity index (χ1n) is 8.92. The summed E-state index contributed by atoms with van der Waals surface area (Å²) in [5.74, 6) is 1.38. The van der Waals surface area contributed by atoms with Gasteiger partial charge in [-0.15, -0.1) is 12.4 Å². The Balaban J connectivity index is 0.00000312. The van der Waals surface area contributed by atoms with Crippen LogP contribution in [0.3, 0.4) is 0 Å². The van der Waals surface area contributed by atoms with Crippen molar-refractivity contribution in [3.63, 3.8) is 0 Å². The van der Waals surface area contributed by atoms with Crippen LogP contribution in [-0.4, -0.2) is 43.7 Å². The van der Waals surface area contributed by atoms with Crippen molar-refractivity contribution in [3.05, 3.63) is 23.8 Å². The molecule has 1 aromatic rings. The van der Waals surface area contributed by atoms with Crippen LogP contribution in [0.15, 0.2) is 18.2 Å². The number of carbonyl (C=O) groups is 1. The van der Waals surface area contributed by atoms with Gasteiger partial charge in [0.1, 0.15) is 0 Å². The summed E-state index contributed by atoms with van der Waals surface area (Å²) in [6.07, 6.45) is 3.03. The molecule has 2 rings (SSSR count). The molecule has 1 aliphatic heterocycles. The third kappa shape index (κ3) is 5.51. The number of ether oxygens (including phenoxy) is 2. The molecule has 0 aliphatic carbocycles. The average molecular weight is 371 g/mol. The van der Waals surface area contributed by atoms with E-state index in [2.05, 4.69) is 13.8 Å². The number of halogens is 1. The van der Waals surface area contributed by atoms with Gasteiger partial charge >= 0.3 is 0 Å². The number of hydrogen-bond donors (Lipinski definition) is 1. The van der Waals surface area contributed by atoms with E-state index < -0.39 is 0 Å². The van der Waals surface area contributed by atoms with Crippen molar-refractivity contribution in [2.24, 2.45) is 11.1 Å². The molecule has 1 atom stereocenters. The van der Waals surface area contributed by atoms with Crippen LogP contribution in [0.5, 0.6) is 11.5 Å². The molecular formula is C19H31ClN2O3. The molecule has 0 spiro atoms. The maximum absolute atomic E-state index is 12.8. The Morgan fingerprint density at radius 3 is 2.64 bits per heavy atom. The summed E-state index contributed by atoms with van der Waals surface area (Å²) in [5, 5.41) is 0. The zero-order valence-corrected chi connectivity index (χ0v) is 16.4. The molecule has 1 aromatic carbocycles. The fourth-order valence-electron chi connectivity index (χ4n) is 2.90. The van der Waals surface area contributed by atoms with Gasteiger partial charge in [0.2, 0.25) is 0 Å². The van der Waals surface area contributed by atoms with E-state index in [9.17, 15) is 4.79 Å². The third-order valence-electron chi connectivity index (χ3n) is 4.58. The highest BCUT2D eigenvalue weighted by Crippen LogP contribution is 2.32. The van der Waals surface area contributed by atoms with Crippen LogP contribution >= 0.6 is 12.4 Å². The van der Waals surface area contributed by atoms with Crippen LogP contribution in [0, 0.1) is 5.41 Å². The number of rotatable bonds is 8. The van der Waals surface area contributed by atoms with Gasteiger partial charge in [0.15, 0.2) is 11.5 Å². The minimum absolute atomic E-state index is 0. The number of carbonyl (C=O) groups excluding carboxylic acids is 1. The molecule has 1 heterocycles. The SMILES string of the molecule is CCCCOc1ccc(C(=O)N2CCC(C)(CN)C2)cc1OCC.Cl. The Bertz CT molecular complexity index is 568. The summed E-state index contributed by atoms with van der Waals surface area (Å²) in [4.78, 5) is 14.7. The quantitative estimate of drug-likeness (QED) is 0.711. The molecule has 5 nitrogen and oxygen atoms in total. The van der Waals surface area contributed by atoms with Crippen molar-refractivity contribution in [3.8, 4) is 11.5 Å². The highest BCUT2D eigenvalue weighted by molar-refractivity contribution is 5.95. The van der Waals surface area contributed by atoms with Gasteiger partial charge < -0.3 is 20.1 Å². The van der Waals surface area contributed by atoms with Gasteiger partial charge in [0.25, 0.3) is 5.91 Å². The first-order valence-corrected chi connectivity index (χ1v) is 8.92. The van der Waals surface area contributed by atoms with E-state index in [1.54, 1.807) is 6.07 Å². The van der Waals surface area contributed by atoms with Crippen LogP contribution in [0.2, 0.25) is 0 Å². The van der Waals surface area contributed by atoms with Crippen molar-refractivity contribution >= 4 is 18.3 Å². The lowest BCUT2D eigenvalue weighted by molar-refractivity contribution is 0.0776. The van der Waals surface area contributed by atoms with Crippen molar-refractivity contribution in [1.82, 2.24) is 4.90 Å². The number of benzene rings is 1. The smallest absolute Gasteiger partial charge is 0.254 e. The summed E-state index contributed by atoms with van der Waals surface area (Å²) in [6.45, 7) is 9.45. The molecule has 1 saturated heterocycles. The van der Waals surface area contributed by atoms with E-state index >= 15 is 0 Å². The van der Waals surface area contributed by atoms with Gasteiger partial charge in [0.05, 0.1) is 13.2 Å². The van der Waals surface area contributed by atoms with Gasteiger partial charge in [-0.2, -0.15) is 0 Å². The Labute approximate surface area is 157 Å². The maximum Gasteiger partial charge on any atom is 0.254 e. The van der Waals surface area contributed by atoms with E-state index in [-0.39, 0.29) is 23.7 Å². The van der Waals surface area contributed by atoms with E-state index in [1.165, 1.54) is 0 Å². The van der Waals surface area contributed by atoms with E-state index in [4.69, 9.17) is 15.2 Å². The van der Waals surface area contributed by atoms with Crippen LogP contribution in [0.4, 0.5) is 0 Å². The second kappa shape index (κ2) is 9.88. The lowest BCUT2D eigenvalue weighted by atomic mass is 9.90. The molecule has 0 radical (unpaired) electrons. The van der Waals surface area contributed by atoms with Gasteiger partial charge in [-0.25, -0.2) is 0 Å². The Morgan fingerprint density at radius 1 is 1.28 bits per heavy atom. The lowest BCUT2D eigenvalue weighted by Gasteiger charge is -2.23. The van der Waals surface area contributed by atoms with Crippen molar-refractivity contribution < 1.29 is 14.3 Å². The van der Waals surface area contributed by atoms with E-state index in [1.807, 2.05) is 24.0 Å². The molecule has 0 bridgehead atoms. The molecule has 1 aliphatic rings. The molecule has 1 unspecified atom stereocenters. The topological polar surface area (TPSA) is 64.8 Å². The Morgan fingerprint density at radius 2 is 2.04 bits per heavy atom. The predicted molar refractivity (Wildman–Crippen MR) is 103 cm³/mol. The second-order valence-corrected chi connectivity index (χ2v) is 6.79. The molecule has 1 fully saturated rings. The van der Waals surface area contributed by atoms with Gasteiger partial charge in [0, 0.05) is 18.7 Å². The van der Waals surface area contributed by atoms with Crippen molar-refractivity contribution in [2.45, 2.75) is 40.0 Å². The van der Waals surface area contributed by atoms with Crippen LogP contribution in [-0.2, 0) is 0 Å². The first kappa shape index (κ1) is 21.6. The summed E-state index contributed by atoms with van der Waals surface area (Å²) in [5.41, 5.74) is 6.51. The first-order chi connectivity index (χ1) is 11.5. The molecule has 6 heteroatoms. The average Bonchev–Trinajstić information content (AvgIpc) is 2.99. The fraction of sp³-hybridized carbons (Fsp3) is 0.632. The van der Waals surface area contributed by atoms with Crippen LogP contribution in [0.25, 0.3) is 0 Å². The zero-order chi connectivity index (χ0) is 17.6. The summed E-state index contributed by atoms with van der Waals surface area (Å²) < 4.78 is 11.4. The van der Waals surface area contributed by atoms with Gasteiger partial charge in [-0.3, -0.25) is 4.79 Å². The normalized spacial score (nSPS) is 19.4. The monoisotopic (exact) mass is 370 g/mol. The second-order valence-electron chi connectivity index (χ2n) is 6.79. The van der Waals surface area contributed by atoms with Crippen molar-refractivity contribution in [2.75, 3.05) is 32.8 Å². The van der Waals surface area contributed by atoms with Crippen LogP contribution in [0.1, 0.15) is 50.4 Å². The number of nitrogens with two attached hydrogens (primary N) is 1. The highest BCUT2D eigenvalue weighted by atomic mass is 35.5. The molecule has 1 amide bonds. The molecule has 0 aromatic heterocycles. The van der Waals surface area contributed by atoms with Crippen molar-refractivity contribution in [1.29, 1.82) is 0 Å². The predicted octanol–water partition coefficient (Wildman–Crippen LogP) is 3.50. The minimum Gasteiger partial charge on any atom is -0.490 e. The highest BCUT2D eigenvalue weighted by Gasteiger charge is 2.35.